The normalized spacial score (nSPS) is 12.2. The molecule has 11 aromatic rings. The van der Waals surface area contributed by atoms with Crippen LogP contribution in [0.1, 0.15) is 22.3 Å². The highest BCUT2D eigenvalue weighted by atomic mass is 15.1. The van der Waals surface area contributed by atoms with E-state index in [0.717, 1.165) is 67.5 Å². The first kappa shape index (κ1) is 40.5. The lowest BCUT2D eigenvalue weighted by atomic mass is 9.67. The number of rotatable bonds is 10. The Bertz CT molecular complexity index is 3410. The second-order valence-electron chi connectivity index (χ2n) is 17.2. The van der Waals surface area contributed by atoms with Crippen LogP contribution in [0.2, 0.25) is 0 Å². The van der Waals surface area contributed by atoms with Gasteiger partial charge in [-0.25, -0.2) is 0 Å². The van der Waals surface area contributed by atoms with Crippen molar-refractivity contribution >= 4 is 17.1 Å². The molecule has 8 aromatic carbocycles. The third-order valence-corrected chi connectivity index (χ3v) is 13.3. The molecule has 320 valence electrons. The fourth-order valence-electron chi connectivity index (χ4n) is 10.2. The van der Waals surface area contributed by atoms with Gasteiger partial charge >= 0.3 is 0 Å². The van der Waals surface area contributed by atoms with Crippen molar-refractivity contribution in [1.82, 2.24) is 15.0 Å². The maximum atomic E-state index is 4.67. The van der Waals surface area contributed by atoms with Gasteiger partial charge in [0.2, 0.25) is 0 Å². The maximum Gasteiger partial charge on any atom is 0.0713 e. The van der Waals surface area contributed by atoms with Crippen molar-refractivity contribution in [2.24, 2.45) is 0 Å². The van der Waals surface area contributed by atoms with Crippen LogP contribution in [-0.2, 0) is 5.41 Å². The second kappa shape index (κ2) is 17.4. The van der Waals surface area contributed by atoms with E-state index in [9.17, 15) is 0 Å². The van der Waals surface area contributed by atoms with Gasteiger partial charge in [0.1, 0.15) is 0 Å². The number of fused-ring (bicyclic) bond motifs is 3. The zero-order valence-electron chi connectivity index (χ0n) is 37.2. The van der Waals surface area contributed by atoms with Gasteiger partial charge in [-0.3, -0.25) is 15.0 Å². The summed E-state index contributed by atoms with van der Waals surface area (Å²) in [5.41, 5.74) is 20.9. The zero-order chi connectivity index (χ0) is 45.3. The Balaban J connectivity index is 0.919. The molecule has 4 nitrogen and oxygen atoms in total. The standard InChI is InChI=1S/C64H44N4/c1-3-22-59-57(20-1)58-21-2-4-23-60(58)64(59,53-35-29-47(30-36-53)48-14-11-15-49(42-48)61-24-5-8-39-65-61)52-33-27-45(28-34-52)46-31-37-54(38-32-46)68(55-18-12-16-50(43-55)62-25-6-9-40-66-62)56-19-13-17-51(44-56)63-26-7-10-41-67-63/h1-44H. The van der Waals surface area contributed by atoms with Gasteiger partial charge in [0.05, 0.1) is 22.5 Å². The Kier molecular flexibility index (Phi) is 10.4. The van der Waals surface area contributed by atoms with Crippen molar-refractivity contribution in [3.63, 3.8) is 0 Å². The van der Waals surface area contributed by atoms with Crippen molar-refractivity contribution < 1.29 is 0 Å². The molecule has 68 heavy (non-hydrogen) atoms. The average Bonchev–Trinajstić information content (AvgIpc) is 3.73. The van der Waals surface area contributed by atoms with Crippen LogP contribution in [0.3, 0.4) is 0 Å². The summed E-state index contributed by atoms with van der Waals surface area (Å²) in [7, 11) is 0. The molecule has 0 spiro atoms. The Labute approximate surface area is 397 Å². The molecule has 1 aliphatic carbocycles. The number of nitrogens with zero attached hydrogens (tertiary/aromatic N) is 4. The summed E-state index contributed by atoms with van der Waals surface area (Å²) in [6, 6.07) is 89.3. The Hall–Kier alpha value is -8.99. The van der Waals surface area contributed by atoms with Crippen LogP contribution >= 0.6 is 0 Å². The number of hydrogen-bond acceptors (Lipinski definition) is 4. The first-order chi connectivity index (χ1) is 33.7. The summed E-state index contributed by atoms with van der Waals surface area (Å²) in [6.45, 7) is 0. The monoisotopic (exact) mass is 868 g/mol. The van der Waals surface area contributed by atoms with Crippen LogP contribution in [0.5, 0.6) is 0 Å². The predicted molar refractivity (Wildman–Crippen MR) is 279 cm³/mol. The Morgan fingerprint density at radius 1 is 0.265 bits per heavy atom. The van der Waals surface area contributed by atoms with Crippen LogP contribution in [-0.4, -0.2) is 15.0 Å². The van der Waals surface area contributed by atoms with Crippen molar-refractivity contribution in [2.75, 3.05) is 4.90 Å². The lowest BCUT2D eigenvalue weighted by molar-refractivity contribution is 0.769. The number of benzene rings is 8. The molecule has 0 radical (unpaired) electrons. The summed E-state index contributed by atoms with van der Waals surface area (Å²) in [4.78, 5) is 16.3. The lowest BCUT2D eigenvalue weighted by Crippen LogP contribution is -2.28. The van der Waals surface area contributed by atoms with Crippen LogP contribution in [0.4, 0.5) is 17.1 Å². The van der Waals surface area contributed by atoms with Gasteiger partial charge in [0.25, 0.3) is 0 Å². The maximum absolute atomic E-state index is 4.67. The molecular weight excluding hydrogens is 825 g/mol. The topological polar surface area (TPSA) is 41.9 Å². The number of aromatic nitrogens is 3. The molecule has 0 saturated heterocycles. The highest BCUT2D eigenvalue weighted by Crippen LogP contribution is 2.56. The van der Waals surface area contributed by atoms with E-state index in [0.29, 0.717) is 0 Å². The molecule has 0 fully saturated rings. The molecule has 0 aliphatic heterocycles. The lowest BCUT2D eigenvalue weighted by Gasteiger charge is -2.34. The zero-order valence-corrected chi connectivity index (χ0v) is 37.2. The van der Waals surface area contributed by atoms with Gasteiger partial charge in [-0.1, -0.05) is 170 Å². The van der Waals surface area contributed by atoms with E-state index in [1.54, 1.807) is 0 Å². The number of pyridine rings is 3. The van der Waals surface area contributed by atoms with Gasteiger partial charge in [-0.2, -0.15) is 0 Å². The van der Waals surface area contributed by atoms with Crippen LogP contribution in [0.25, 0.3) is 67.2 Å². The molecule has 0 atom stereocenters. The molecule has 0 bridgehead atoms. The molecule has 3 aromatic heterocycles. The summed E-state index contributed by atoms with van der Waals surface area (Å²) in [5.74, 6) is 0. The predicted octanol–water partition coefficient (Wildman–Crippen LogP) is 16.0. The fourth-order valence-corrected chi connectivity index (χ4v) is 10.2. The number of anilines is 3. The van der Waals surface area contributed by atoms with E-state index in [4.69, 9.17) is 0 Å². The molecule has 0 N–H and O–H groups in total. The molecule has 3 heterocycles. The van der Waals surface area contributed by atoms with Gasteiger partial charge in [0.15, 0.2) is 0 Å². The average molecular weight is 869 g/mol. The summed E-state index contributed by atoms with van der Waals surface area (Å²) in [6.07, 6.45) is 5.53. The van der Waals surface area contributed by atoms with Crippen molar-refractivity contribution in [1.29, 1.82) is 0 Å². The van der Waals surface area contributed by atoms with Gasteiger partial charge in [0, 0.05) is 52.3 Å². The van der Waals surface area contributed by atoms with E-state index in [2.05, 4.69) is 232 Å². The molecule has 12 rings (SSSR count). The largest absolute Gasteiger partial charge is 0.310 e. The van der Waals surface area contributed by atoms with Crippen LogP contribution in [0, 0.1) is 0 Å². The first-order valence-corrected chi connectivity index (χ1v) is 23.1. The van der Waals surface area contributed by atoms with Crippen molar-refractivity contribution in [3.05, 3.63) is 290 Å². The quantitative estimate of drug-likeness (QED) is 0.137. The smallest absolute Gasteiger partial charge is 0.0713 e. The Morgan fingerprint density at radius 2 is 0.647 bits per heavy atom. The van der Waals surface area contributed by atoms with Crippen molar-refractivity contribution in [3.8, 4) is 67.2 Å². The highest BCUT2D eigenvalue weighted by Gasteiger charge is 2.45. The van der Waals surface area contributed by atoms with E-state index in [1.807, 2.05) is 55.0 Å². The minimum atomic E-state index is -0.516. The van der Waals surface area contributed by atoms with Crippen LogP contribution < -0.4 is 4.90 Å². The summed E-state index contributed by atoms with van der Waals surface area (Å²) >= 11 is 0. The van der Waals surface area contributed by atoms with E-state index in [1.165, 1.54) is 38.9 Å². The SMILES string of the molecule is c1ccc(-c2cccc(-c3ccc(C4(c5ccc(-c6ccc(N(c7cccc(-c8ccccn8)c7)c7cccc(-c8ccccn8)c7)cc6)cc5)c5ccccc5-c5ccccc54)cc3)c2)nc1. The molecule has 0 amide bonds. The molecule has 1 aliphatic rings. The Morgan fingerprint density at radius 3 is 1.10 bits per heavy atom. The molecule has 0 unspecified atom stereocenters. The highest BCUT2D eigenvalue weighted by molar-refractivity contribution is 5.87. The third kappa shape index (κ3) is 7.25. The fraction of sp³-hybridized carbons (Fsp3) is 0.0156. The van der Waals surface area contributed by atoms with E-state index in [-0.39, 0.29) is 0 Å². The third-order valence-electron chi connectivity index (χ3n) is 13.3. The number of hydrogen-bond donors (Lipinski definition) is 0. The van der Waals surface area contributed by atoms with E-state index >= 15 is 0 Å². The van der Waals surface area contributed by atoms with Gasteiger partial charge in [-0.15, -0.1) is 0 Å². The van der Waals surface area contributed by atoms with Crippen molar-refractivity contribution in [2.45, 2.75) is 5.41 Å². The summed E-state index contributed by atoms with van der Waals surface area (Å²) < 4.78 is 0. The molecule has 0 saturated carbocycles. The summed E-state index contributed by atoms with van der Waals surface area (Å²) in [5, 5.41) is 0. The van der Waals surface area contributed by atoms with Gasteiger partial charge in [-0.05, 0) is 134 Å². The molecule has 4 heteroatoms. The molecular formula is C64H44N4. The van der Waals surface area contributed by atoms with Crippen LogP contribution in [0.15, 0.2) is 267 Å². The first-order valence-electron chi connectivity index (χ1n) is 23.1. The minimum Gasteiger partial charge on any atom is -0.310 e. The minimum absolute atomic E-state index is 0.516. The van der Waals surface area contributed by atoms with E-state index < -0.39 is 5.41 Å². The van der Waals surface area contributed by atoms with Gasteiger partial charge < -0.3 is 4.90 Å². The second-order valence-corrected chi connectivity index (χ2v) is 17.2.